The first kappa shape index (κ1) is 23.3. The topological polar surface area (TPSA) is 97.0 Å². The number of allylic oxidation sites excluding steroid dienone is 4. The monoisotopic (exact) mass is 470 g/mol. The average molecular weight is 470 g/mol. The molecule has 4 rings (SSSR count). The number of amides is 2. The molecule has 0 saturated carbocycles. The second kappa shape index (κ2) is 8.85. The second-order valence-corrected chi connectivity index (χ2v) is 8.23. The molecule has 0 fully saturated rings. The van der Waals surface area contributed by atoms with Gasteiger partial charge in [0.2, 0.25) is 11.8 Å². The molecule has 2 aromatic rings. The van der Waals surface area contributed by atoms with Crippen LogP contribution in [-0.4, -0.2) is 35.5 Å². The average Bonchev–Trinajstić information content (AvgIpc) is 3.35. The lowest BCUT2D eigenvalue weighted by molar-refractivity contribution is -0.129. The molecule has 1 aliphatic heterocycles. The molecule has 8 nitrogen and oxygen atoms in total. The number of carbonyl (C=O) groups excluding carboxylic acids is 2. The maximum Gasteiger partial charge on any atom is 0.270 e. The van der Waals surface area contributed by atoms with Gasteiger partial charge in [-0.25, -0.2) is 13.8 Å². The zero-order chi connectivity index (χ0) is 24.6. The summed E-state index contributed by atoms with van der Waals surface area (Å²) in [5.74, 6) is -3.93. The number of carbonyl (C=O) groups is 2. The number of anilines is 1. The second-order valence-electron chi connectivity index (χ2n) is 8.23. The Morgan fingerprint density at radius 1 is 1.32 bits per heavy atom. The number of halogens is 2. The molecule has 2 amide bonds. The van der Waals surface area contributed by atoms with Crippen LogP contribution in [0.2, 0.25) is 0 Å². The molecule has 0 saturated heterocycles. The molecule has 0 radical (unpaired) electrons. The molecule has 2 aliphatic rings. The van der Waals surface area contributed by atoms with Crippen LogP contribution in [0.25, 0.3) is 11.5 Å². The van der Waals surface area contributed by atoms with Crippen molar-refractivity contribution in [3.8, 4) is 17.2 Å². The van der Waals surface area contributed by atoms with E-state index in [1.807, 2.05) is 0 Å². The molecular weight excluding hydrogens is 446 g/mol. The van der Waals surface area contributed by atoms with Gasteiger partial charge in [0, 0.05) is 18.2 Å². The molecule has 178 valence electrons. The molecule has 34 heavy (non-hydrogen) atoms. The molecule has 0 spiro atoms. The lowest BCUT2D eigenvalue weighted by Gasteiger charge is -2.20. The van der Waals surface area contributed by atoms with Crippen molar-refractivity contribution in [2.45, 2.75) is 39.5 Å². The first-order valence-electron chi connectivity index (χ1n) is 10.7. The van der Waals surface area contributed by atoms with Crippen LogP contribution in [0.15, 0.2) is 57.3 Å². The molecule has 1 unspecified atom stereocenters. The summed E-state index contributed by atoms with van der Waals surface area (Å²) in [7, 11) is 1.51. The molecule has 1 atom stereocenters. The molecule has 0 bridgehead atoms. The van der Waals surface area contributed by atoms with Gasteiger partial charge in [-0.3, -0.25) is 9.59 Å². The molecular formula is C24H24F2N4O4. The van der Waals surface area contributed by atoms with E-state index in [4.69, 9.17) is 9.15 Å². The normalized spacial score (nSPS) is 18.4. The number of aromatic nitrogens is 1. The highest BCUT2D eigenvalue weighted by Crippen LogP contribution is 2.35. The largest absolute Gasteiger partial charge is 0.496 e. The van der Waals surface area contributed by atoms with Crippen molar-refractivity contribution in [3.63, 3.8) is 0 Å². The smallest absolute Gasteiger partial charge is 0.270 e. The van der Waals surface area contributed by atoms with Gasteiger partial charge in [0.1, 0.15) is 11.5 Å². The number of hydrogen-bond donors (Lipinski definition) is 1. The fourth-order valence-electron chi connectivity index (χ4n) is 3.86. The summed E-state index contributed by atoms with van der Waals surface area (Å²) in [6.45, 7) is 4.14. The standard InChI is InChI=1S/C24H24F2N4O4/c1-13-12-27-22(34-13)18-11-17(8-9-19(18)33-4)30-23(32)20(14(2)29-30)21(31)28-16-7-5-6-15(10-16)24(3,25)26/h6,8-12,20H,5,7H2,1-4H3,(H,28,31). The Morgan fingerprint density at radius 2 is 2.09 bits per heavy atom. The fraction of sp³-hybridized carbons (Fsp3) is 0.333. The number of rotatable bonds is 6. The van der Waals surface area contributed by atoms with Crippen molar-refractivity contribution in [1.29, 1.82) is 0 Å². The third-order valence-electron chi connectivity index (χ3n) is 5.57. The van der Waals surface area contributed by atoms with Gasteiger partial charge in [0.15, 0.2) is 5.92 Å². The van der Waals surface area contributed by atoms with Gasteiger partial charge in [-0.15, -0.1) is 0 Å². The molecule has 2 heterocycles. The fourth-order valence-corrected chi connectivity index (χ4v) is 3.86. The van der Waals surface area contributed by atoms with Crippen LogP contribution in [0, 0.1) is 12.8 Å². The number of nitrogens with one attached hydrogen (secondary N) is 1. The van der Waals surface area contributed by atoms with Gasteiger partial charge >= 0.3 is 0 Å². The van der Waals surface area contributed by atoms with Crippen molar-refractivity contribution in [3.05, 3.63) is 53.6 Å². The number of hydrogen-bond acceptors (Lipinski definition) is 6. The van der Waals surface area contributed by atoms with E-state index in [1.54, 1.807) is 38.2 Å². The van der Waals surface area contributed by atoms with Crippen LogP contribution in [0.4, 0.5) is 14.5 Å². The Bertz CT molecular complexity index is 1240. The summed E-state index contributed by atoms with van der Waals surface area (Å²) in [6, 6.07) is 4.93. The van der Waals surface area contributed by atoms with E-state index in [0.29, 0.717) is 52.9 Å². The van der Waals surface area contributed by atoms with Crippen molar-refractivity contribution in [1.82, 2.24) is 10.3 Å². The summed E-state index contributed by atoms with van der Waals surface area (Å²) < 4.78 is 38.3. The number of benzene rings is 1. The Kier molecular flexibility index (Phi) is 6.07. The van der Waals surface area contributed by atoms with Gasteiger partial charge in [0.25, 0.3) is 11.8 Å². The number of alkyl halides is 2. The van der Waals surface area contributed by atoms with E-state index in [2.05, 4.69) is 15.4 Å². The summed E-state index contributed by atoms with van der Waals surface area (Å²) in [6.07, 6.45) is 5.04. The Balaban J connectivity index is 1.56. The highest BCUT2D eigenvalue weighted by Gasteiger charge is 2.40. The van der Waals surface area contributed by atoms with Crippen LogP contribution in [0.5, 0.6) is 5.75 Å². The summed E-state index contributed by atoms with van der Waals surface area (Å²) >= 11 is 0. The van der Waals surface area contributed by atoms with E-state index in [9.17, 15) is 18.4 Å². The van der Waals surface area contributed by atoms with Crippen molar-refractivity contribution < 1.29 is 27.5 Å². The molecule has 10 heteroatoms. The summed E-state index contributed by atoms with van der Waals surface area (Å²) in [5.41, 5.74) is 1.40. The van der Waals surface area contributed by atoms with Crippen LogP contribution in [-0.2, 0) is 9.59 Å². The Labute approximate surface area is 195 Å². The quantitative estimate of drug-likeness (QED) is 0.633. The first-order chi connectivity index (χ1) is 16.1. The van der Waals surface area contributed by atoms with E-state index in [-0.39, 0.29) is 5.57 Å². The Morgan fingerprint density at radius 3 is 2.74 bits per heavy atom. The SMILES string of the molecule is COc1ccc(N2N=C(C)C(C(=O)NC3=CC(C(C)(F)F)=CCC3)C2=O)cc1-c1ncc(C)o1. The van der Waals surface area contributed by atoms with Crippen LogP contribution in [0.3, 0.4) is 0 Å². The third-order valence-corrected chi connectivity index (χ3v) is 5.57. The highest BCUT2D eigenvalue weighted by molar-refractivity contribution is 6.26. The van der Waals surface area contributed by atoms with Gasteiger partial charge in [0.05, 0.1) is 30.3 Å². The van der Waals surface area contributed by atoms with Gasteiger partial charge in [-0.2, -0.15) is 10.1 Å². The number of ether oxygens (including phenoxy) is 1. The molecule has 1 aliphatic carbocycles. The van der Waals surface area contributed by atoms with Crippen LogP contribution in [0.1, 0.15) is 32.4 Å². The molecule has 1 aromatic carbocycles. The lowest BCUT2D eigenvalue weighted by Crippen LogP contribution is -2.40. The minimum absolute atomic E-state index is 0.161. The van der Waals surface area contributed by atoms with Gasteiger partial charge in [-0.1, -0.05) is 6.08 Å². The summed E-state index contributed by atoms with van der Waals surface area (Å²) in [5, 5.41) is 8.05. The van der Waals surface area contributed by atoms with E-state index in [1.165, 1.54) is 19.3 Å². The van der Waals surface area contributed by atoms with Gasteiger partial charge < -0.3 is 14.5 Å². The van der Waals surface area contributed by atoms with E-state index >= 15 is 0 Å². The highest BCUT2D eigenvalue weighted by atomic mass is 19.3. The minimum atomic E-state index is -3.01. The number of aryl methyl sites for hydroxylation is 1. The zero-order valence-corrected chi connectivity index (χ0v) is 19.2. The predicted octanol–water partition coefficient (Wildman–Crippen LogP) is 4.37. The number of methoxy groups -OCH3 is 1. The maximum absolute atomic E-state index is 13.7. The van der Waals surface area contributed by atoms with Crippen LogP contribution < -0.4 is 15.1 Å². The van der Waals surface area contributed by atoms with Crippen molar-refractivity contribution in [2.75, 3.05) is 12.1 Å². The number of hydrazone groups is 1. The van der Waals surface area contributed by atoms with Gasteiger partial charge in [-0.05, 0) is 51.0 Å². The summed E-state index contributed by atoms with van der Waals surface area (Å²) in [4.78, 5) is 30.3. The first-order valence-corrected chi connectivity index (χ1v) is 10.7. The third kappa shape index (κ3) is 4.48. The predicted molar refractivity (Wildman–Crippen MR) is 121 cm³/mol. The molecule has 1 N–H and O–H groups in total. The maximum atomic E-state index is 13.7. The molecule has 1 aromatic heterocycles. The van der Waals surface area contributed by atoms with Crippen LogP contribution >= 0.6 is 0 Å². The van der Waals surface area contributed by atoms with E-state index in [0.717, 1.165) is 11.9 Å². The zero-order valence-electron chi connectivity index (χ0n) is 19.2. The number of nitrogens with zero attached hydrogens (tertiary/aromatic N) is 3. The van der Waals surface area contributed by atoms with E-state index < -0.39 is 23.7 Å². The number of oxazole rings is 1. The van der Waals surface area contributed by atoms with Crippen molar-refractivity contribution in [2.24, 2.45) is 11.0 Å². The minimum Gasteiger partial charge on any atom is -0.496 e. The van der Waals surface area contributed by atoms with Crippen molar-refractivity contribution >= 4 is 23.2 Å². The Hall–Kier alpha value is -3.82. The lowest BCUT2D eigenvalue weighted by atomic mass is 9.98.